The molecule has 0 amide bonds. The number of aliphatic hydroxyl groups is 1. The fourth-order valence-corrected chi connectivity index (χ4v) is 1.92. The first kappa shape index (κ1) is 19.1. The second-order valence-electron chi connectivity index (χ2n) is 6.20. The van der Waals surface area contributed by atoms with Gasteiger partial charge >= 0.3 is 11.9 Å². The molecular weight excluding hydrogens is 298 g/mol. The Bertz CT molecular complexity index is 533. The molecule has 2 unspecified atom stereocenters. The summed E-state index contributed by atoms with van der Waals surface area (Å²) in [7, 11) is 0. The molecule has 1 aromatic carbocycles. The maximum absolute atomic E-state index is 11.9. The van der Waals surface area contributed by atoms with Gasteiger partial charge < -0.3 is 20.3 Å². The van der Waals surface area contributed by atoms with Crippen LogP contribution in [-0.4, -0.2) is 29.3 Å². The summed E-state index contributed by atoms with van der Waals surface area (Å²) in [6.45, 7) is 7.29. The van der Waals surface area contributed by atoms with Crippen molar-refractivity contribution < 1.29 is 24.2 Å². The predicted octanol–water partition coefficient (Wildman–Crippen LogP) is 2.01. The van der Waals surface area contributed by atoms with Crippen molar-refractivity contribution in [2.45, 2.75) is 51.9 Å². The molecule has 0 aromatic heterocycles. The van der Waals surface area contributed by atoms with E-state index in [4.69, 9.17) is 15.2 Å². The molecule has 0 aliphatic rings. The van der Waals surface area contributed by atoms with Gasteiger partial charge in [0.15, 0.2) is 0 Å². The van der Waals surface area contributed by atoms with Crippen LogP contribution in [0.4, 0.5) is 0 Å². The van der Waals surface area contributed by atoms with Crippen LogP contribution in [0.1, 0.15) is 57.4 Å². The van der Waals surface area contributed by atoms with Gasteiger partial charge in [-0.3, -0.25) is 4.79 Å². The first-order valence-electron chi connectivity index (χ1n) is 7.56. The van der Waals surface area contributed by atoms with Crippen molar-refractivity contribution >= 4 is 11.9 Å². The zero-order chi connectivity index (χ0) is 17.6. The first-order chi connectivity index (χ1) is 10.6. The quantitative estimate of drug-likeness (QED) is 0.777. The van der Waals surface area contributed by atoms with Gasteiger partial charge in [0.1, 0.15) is 11.6 Å². The van der Waals surface area contributed by atoms with E-state index in [9.17, 15) is 14.7 Å². The third-order valence-electron chi connectivity index (χ3n) is 3.01. The summed E-state index contributed by atoms with van der Waals surface area (Å²) in [5.74, 6) is -0.980. The highest BCUT2D eigenvalue weighted by molar-refractivity contribution is 5.77. The average Bonchev–Trinajstić information content (AvgIpc) is 2.45. The van der Waals surface area contributed by atoms with Crippen LogP contribution < -0.4 is 5.73 Å². The van der Waals surface area contributed by atoms with Gasteiger partial charge in [-0.05, 0) is 38.8 Å². The molecule has 1 aromatic rings. The SMILES string of the molecule is CCOC(=O)CC(O)c1ccc(C(N)C(=O)OC(C)(C)C)cc1. The van der Waals surface area contributed by atoms with E-state index in [2.05, 4.69) is 0 Å². The van der Waals surface area contributed by atoms with Crippen LogP contribution in [0, 0.1) is 0 Å². The maximum Gasteiger partial charge on any atom is 0.328 e. The summed E-state index contributed by atoms with van der Waals surface area (Å²) in [4.78, 5) is 23.3. The van der Waals surface area contributed by atoms with Gasteiger partial charge in [0.05, 0.1) is 19.1 Å². The molecule has 6 heteroatoms. The number of benzene rings is 1. The summed E-state index contributed by atoms with van der Waals surface area (Å²) in [5.41, 5.74) is 6.40. The van der Waals surface area contributed by atoms with E-state index in [-0.39, 0.29) is 13.0 Å². The van der Waals surface area contributed by atoms with E-state index in [1.807, 2.05) is 0 Å². The Morgan fingerprint density at radius 3 is 2.17 bits per heavy atom. The smallest absolute Gasteiger partial charge is 0.328 e. The number of esters is 2. The van der Waals surface area contributed by atoms with Gasteiger partial charge in [-0.15, -0.1) is 0 Å². The molecular formula is C17H25NO5. The number of hydrogen-bond acceptors (Lipinski definition) is 6. The van der Waals surface area contributed by atoms with Gasteiger partial charge in [-0.25, -0.2) is 4.79 Å². The molecule has 0 saturated carbocycles. The molecule has 0 aliphatic heterocycles. The number of hydrogen-bond donors (Lipinski definition) is 2. The van der Waals surface area contributed by atoms with Gasteiger partial charge in [-0.1, -0.05) is 24.3 Å². The van der Waals surface area contributed by atoms with Crippen LogP contribution in [0.3, 0.4) is 0 Å². The Morgan fingerprint density at radius 1 is 1.17 bits per heavy atom. The molecule has 23 heavy (non-hydrogen) atoms. The monoisotopic (exact) mass is 323 g/mol. The lowest BCUT2D eigenvalue weighted by atomic mass is 10.0. The Kier molecular flexibility index (Phi) is 6.72. The normalized spacial score (nSPS) is 14.0. The molecule has 128 valence electrons. The first-order valence-corrected chi connectivity index (χ1v) is 7.56. The van der Waals surface area contributed by atoms with E-state index in [1.54, 1.807) is 52.0 Å². The van der Waals surface area contributed by atoms with Crippen molar-refractivity contribution in [1.29, 1.82) is 0 Å². The number of carbonyl (C=O) groups is 2. The number of carbonyl (C=O) groups excluding carboxylic acids is 2. The lowest BCUT2D eigenvalue weighted by Crippen LogP contribution is -2.31. The van der Waals surface area contributed by atoms with Crippen molar-refractivity contribution in [2.24, 2.45) is 5.73 Å². The van der Waals surface area contributed by atoms with Crippen molar-refractivity contribution in [2.75, 3.05) is 6.61 Å². The summed E-state index contributed by atoms with van der Waals surface area (Å²) in [6, 6.07) is 5.63. The zero-order valence-electron chi connectivity index (χ0n) is 14.0. The Labute approximate surface area is 136 Å². The molecule has 0 radical (unpaired) electrons. The number of nitrogens with two attached hydrogens (primary N) is 1. The standard InChI is InChI=1S/C17H25NO5/c1-5-22-14(20)10-13(19)11-6-8-12(9-7-11)15(18)16(21)23-17(2,3)4/h6-9,13,15,19H,5,10,18H2,1-4H3. The average molecular weight is 323 g/mol. The lowest BCUT2D eigenvalue weighted by Gasteiger charge is -2.22. The minimum absolute atomic E-state index is 0.120. The van der Waals surface area contributed by atoms with Crippen LogP contribution in [0.5, 0.6) is 0 Å². The van der Waals surface area contributed by atoms with E-state index in [0.29, 0.717) is 11.1 Å². The highest BCUT2D eigenvalue weighted by atomic mass is 16.6. The molecule has 0 heterocycles. The second kappa shape index (κ2) is 8.08. The van der Waals surface area contributed by atoms with Crippen molar-refractivity contribution in [3.8, 4) is 0 Å². The predicted molar refractivity (Wildman–Crippen MR) is 85.4 cm³/mol. The minimum atomic E-state index is -0.958. The fraction of sp³-hybridized carbons (Fsp3) is 0.529. The maximum atomic E-state index is 11.9. The van der Waals surface area contributed by atoms with E-state index in [0.717, 1.165) is 0 Å². The third kappa shape index (κ3) is 6.38. The second-order valence-corrected chi connectivity index (χ2v) is 6.20. The molecule has 0 aliphatic carbocycles. The highest BCUT2D eigenvalue weighted by Crippen LogP contribution is 2.21. The van der Waals surface area contributed by atoms with E-state index >= 15 is 0 Å². The summed E-state index contributed by atoms with van der Waals surface area (Å²) in [6.07, 6.45) is -1.08. The van der Waals surface area contributed by atoms with Gasteiger partial charge in [0.2, 0.25) is 0 Å². The molecule has 0 fully saturated rings. The Morgan fingerprint density at radius 2 is 1.70 bits per heavy atom. The molecule has 6 nitrogen and oxygen atoms in total. The third-order valence-corrected chi connectivity index (χ3v) is 3.01. The van der Waals surface area contributed by atoms with Crippen molar-refractivity contribution in [3.63, 3.8) is 0 Å². The number of aliphatic hydroxyl groups excluding tert-OH is 1. The molecule has 1 rings (SSSR count). The topological polar surface area (TPSA) is 98.9 Å². The lowest BCUT2D eigenvalue weighted by molar-refractivity contribution is -0.156. The van der Waals surface area contributed by atoms with Crippen LogP contribution in [0.2, 0.25) is 0 Å². The Balaban J connectivity index is 2.72. The molecule has 0 saturated heterocycles. The molecule has 3 N–H and O–H groups in total. The summed E-state index contributed by atoms with van der Waals surface area (Å²) >= 11 is 0. The fourth-order valence-electron chi connectivity index (χ4n) is 1.92. The largest absolute Gasteiger partial charge is 0.466 e. The van der Waals surface area contributed by atoms with Gasteiger partial charge in [0.25, 0.3) is 0 Å². The van der Waals surface area contributed by atoms with E-state index < -0.39 is 29.7 Å². The molecule has 2 atom stereocenters. The zero-order valence-corrected chi connectivity index (χ0v) is 14.0. The summed E-state index contributed by atoms with van der Waals surface area (Å²) < 4.78 is 10.0. The van der Waals surface area contributed by atoms with Crippen LogP contribution in [-0.2, 0) is 19.1 Å². The highest BCUT2D eigenvalue weighted by Gasteiger charge is 2.23. The number of rotatable bonds is 6. The summed E-state index contributed by atoms with van der Waals surface area (Å²) in [5, 5.41) is 9.99. The van der Waals surface area contributed by atoms with Gasteiger partial charge in [-0.2, -0.15) is 0 Å². The Hall–Kier alpha value is -1.92. The van der Waals surface area contributed by atoms with Crippen molar-refractivity contribution in [1.82, 2.24) is 0 Å². The van der Waals surface area contributed by atoms with Crippen LogP contribution in [0.25, 0.3) is 0 Å². The van der Waals surface area contributed by atoms with Crippen LogP contribution >= 0.6 is 0 Å². The molecule has 0 spiro atoms. The van der Waals surface area contributed by atoms with Crippen LogP contribution in [0.15, 0.2) is 24.3 Å². The molecule has 0 bridgehead atoms. The minimum Gasteiger partial charge on any atom is -0.466 e. The van der Waals surface area contributed by atoms with Crippen molar-refractivity contribution in [3.05, 3.63) is 35.4 Å². The van der Waals surface area contributed by atoms with E-state index in [1.165, 1.54) is 0 Å². The number of ether oxygens (including phenoxy) is 2. The van der Waals surface area contributed by atoms with Gasteiger partial charge in [0, 0.05) is 0 Å².